The van der Waals surface area contributed by atoms with Crippen molar-refractivity contribution in [1.82, 2.24) is 9.55 Å². The van der Waals surface area contributed by atoms with E-state index in [1.165, 1.54) is 12.1 Å². The van der Waals surface area contributed by atoms with Crippen LogP contribution in [0.4, 0.5) is 10.1 Å². The van der Waals surface area contributed by atoms with Crippen molar-refractivity contribution in [2.45, 2.75) is 0 Å². The summed E-state index contributed by atoms with van der Waals surface area (Å²) in [5, 5.41) is 0.586. The number of rotatable bonds is 1. The lowest BCUT2D eigenvalue weighted by atomic mass is 10.1. The topological polar surface area (TPSA) is 43.8 Å². The highest BCUT2D eigenvalue weighted by atomic mass is 35.5. The number of nitrogens with zero attached hydrogens (tertiary/aromatic N) is 2. The Morgan fingerprint density at radius 3 is 2.79 bits per heavy atom. The highest BCUT2D eigenvalue weighted by Gasteiger charge is 2.13. The Morgan fingerprint density at radius 1 is 1.21 bits per heavy atom. The number of aryl methyl sites for hydroxylation is 1. The molecule has 3 aromatic rings. The Hall–Kier alpha value is -2.07. The molecule has 2 aromatic carbocycles. The molecular formula is C14H11ClFN3. The standard InChI is InChI=1S/C14H11ClFN3/c1-19-13-7-9(16)3-5-12(13)18-14(19)10-6-8(15)2-4-11(10)17/h2-7H,17H2,1H3. The fourth-order valence-corrected chi connectivity index (χ4v) is 2.30. The molecule has 3 nitrogen and oxygen atoms in total. The highest BCUT2D eigenvalue weighted by Crippen LogP contribution is 2.30. The lowest BCUT2D eigenvalue weighted by molar-refractivity contribution is 0.629. The zero-order valence-electron chi connectivity index (χ0n) is 10.2. The van der Waals surface area contributed by atoms with Gasteiger partial charge in [0.05, 0.1) is 11.0 Å². The average Bonchev–Trinajstić information content (AvgIpc) is 2.70. The first-order valence-electron chi connectivity index (χ1n) is 5.73. The third kappa shape index (κ3) is 1.94. The molecule has 0 aliphatic heterocycles. The van der Waals surface area contributed by atoms with Gasteiger partial charge in [0.1, 0.15) is 11.6 Å². The van der Waals surface area contributed by atoms with Gasteiger partial charge in [-0.05, 0) is 36.4 Å². The second kappa shape index (κ2) is 4.24. The molecule has 19 heavy (non-hydrogen) atoms. The van der Waals surface area contributed by atoms with Crippen molar-refractivity contribution < 1.29 is 4.39 Å². The van der Waals surface area contributed by atoms with Crippen LogP contribution in [0.25, 0.3) is 22.4 Å². The van der Waals surface area contributed by atoms with Crippen LogP contribution in [0.1, 0.15) is 0 Å². The van der Waals surface area contributed by atoms with E-state index in [-0.39, 0.29) is 5.82 Å². The number of imidazole rings is 1. The van der Waals surface area contributed by atoms with Gasteiger partial charge in [0, 0.05) is 23.3 Å². The van der Waals surface area contributed by atoms with E-state index in [1.54, 1.807) is 28.8 Å². The molecule has 3 rings (SSSR count). The van der Waals surface area contributed by atoms with Crippen LogP contribution >= 0.6 is 11.6 Å². The lowest BCUT2D eigenvalue weighted by Crippen LogP contribution is -1.96. The van der Waals surface area contributed by atoms with Crippen LogP contribution in [0, 0.1) is 5.82 Å². The van der Waals surface area contributed by atoms with Gasteiger partial charge >= 0.3 is 0 Å². The smallest absolute Gasteiger partial charge is 0.143 e. The number of fused-ring (bicyclic) bond motifs is 1. The number of anilines is 1. The first kappa shape index (κ1) is 12.0. The molecule has 0 unspecified atom stereocenters. The highest BCUT2D eigenvalue weighted by molar-refractivity contribution is 6.31. The Morgan fingerprint density at radius 2 is 2.00 bits per heavy atom. The average molecular weight is 276 g/mol. The summed E-state index contributed by atoms with van der Waals surface area (Å²) in [6.45, 7) is 0. The second-order valence-electron chi connectivity index (χ2n) is 4.36. The minimum atomic E-state index is -0.291. The third-order valence-corrected chi connectivity index (χ3v) is 3.33. The molecule has 0 amide bonds. The summed E-state index contributed by atoms with van der Waals surface area (Å²) < 4.78 is 15.1. The maximum absolute atomic E-state index is 13.3. The molecule has 1 heterocycles. The fraction of sp³-hybridized carbons (Fsp3) is 0.0714. The molecule has 0 bridgehead atoms. The Bertz CT molecular complexity index is 780. The Kier molecular flexibility index (Phi) is 2.68. The van der Waals surface area contributed by atoms with Crippen LogP contribution in [0.3, 0.4) is 0 Å². The van der Waals surface area contributed by atoms with E-state index in [1.807, 2.05) is 7.05 Å². The van der Waals surface area contributed by atoms with E-state index in [0.29, 0.717) is 16.5 Å². The largest absolute Gasteiger partial charge is 0.398 e. The van der Waals surface area contributed by atoms with E-state index < -0.39 is 0 Å². The molecule has 0 spiro atoms. The van der Waals surface area contributed by atoms with Crippen LogP contribution in [0.15, 0.2) is 36.4 Å². The van der Waals surface area contributed by atoms with Gasteiger partial charge in [-0.15, -0.1) is 0 Å². The number of hydrogen-bond donors (Lipinski definition) is 1. The molecule has 0 saturated heterocycles. The minimum Gasteiger partial charge on any atom is -0.398 e. The van der Waals surface area contributed by atoms with E-state index >= 15 is 0 Å². The van der Waals surface area contributed by atoms with E-state index in [9.17, 15) is 4.39 Å². The predicted molar refractivity (Wildman–Crippen MR) is 75.5 cm³/mol. The first-order valence-corrected chi connectivity index (χ1v) is 6.11. The first-order chi connectivity index (χ1) is 9.06. The summed E-state index contributed by atoms with van der Waals surface area (Å²) >= 11 is 5.99. The maximum atomic E-state index is 13.3. The van der Waals surface area contributed by atoms with Gasteiger partial charge < -0.3 is 10.3 Å². The number of aromatic nitrogens is 2. The maximum Gasteiger partial charge on any atom is 0.143 e. The summed E-state index contributed by atoms with van der Waals surface area (Å²) in [6, 6.07) is 9.71. The number of benzene rings is 2. The monoisotopic (exact) mass is 275 g/mol. The van der Waals surface area contributed by atoms with Crippen molar-refractivity contribution >= 4 is 28.3 Å². The second-order valence-corrected chi connectivity index (χ2v) is 4.80. The normalized spacial score (nSPS) is 11.1. The summed E-state index contributed by atoms with van der Waals surface area (Å²) in [6.07, 6.45) is 0. The minimum absolute atomic E-state index is 0.291. The Labute approximate surface area is 114 Å². The van der Waals surface area contributed by atoms with Crippen molar-refractivity contribution in [3.05, 3.63) is 47.2 Å². The van der Waals surface area contributed by atoms with Crippen molar-refractivity contribution in [2.24, 2.45) is 7.05 Å². The van der Waals surface area contributed by atoms with Gasteiger partial charge in [-0.1, -0.05) is 11.6 Å². The molecule has 0 aliphatic carbocycles. The molecule has 96 valence electrons. The summed E-state index contributed by atoms with van der Waals surface area (Å²) in [5.41, 5.74) is 8.72. The van der Waals surface area contributed by atoms with Gasteiger partial charge in [-0.3, -0.25) is 0 Å². The van der Waals surface area contributed by atoms with Crippen LogP contribution in [0.5, 0.6) is 0 Å². The fourth-order valence-electron chi connectivity index (χ4n) is 2.13. The molecule has 0 atom stereocenters. The van der Waals surface area contributed by atoms with Crippen LogP contribution in [-0.4, -0.2) is 9.55 Å². The van der Waals surface area contributed by atoms with Crippen molar-refractivity contribution in [3.8, 4) is 11.4 Å². The van der Waals surface area contributed by atoms with Gasteiger partial charge in [0.15, 0.2) is 0 Å². The number of hydrogen-bond acceptors (Lipinski definition) is 2. The lowest BCUT2D eigenvalue weighted by Gasteiger charge is -2.06. The van der Waals surface area contributed by atoms with Crippen LogP contribution in [0.2, 0.25) is 5.02 Å². The van der Waals surface area contributed by atoms with Crippen molar-refractivity contribution in [3.63, 3.8) is 0 Å². The molecule has 2 N–H and O–H groups in total. The SMILES string of the molecule is Cn1c(-c2cc(Cl)ccc2N)nc2ccc(F)cc21. The number of nitrogens with two attached hydrogens (primary N) is 1. The van der Waals surface area contributed by atoms with Crippen LogP contribution in [-0.2, 0) is 7.05 Å². The van der Waals surface area contributed by atoms with Gasteiger partial charge in [0.2, 0.25) is 0 Å². The van der Waals surface area contributed by atoms with Gasteiger partial charge in [-0.2, -0.15) is 0 Å². The van der Waals surface area contributed by atoms with Gasteiger partial charge in [-0.25, -0.2) is 9.37 Å². The van der Waals surface area contributed by atoms with Crippen LogP contribution < -0.4 is 5.73 Å². The molecule has 5 heteroatoms. The summed E-state index contributed by atoms with van der Waals surface area (Å²) in [5.74, 6) is 0.377. The molecule has 1 aromatic heterocycles. The molecule has 0 aliphatic rings. The number of nitrogen functional groups attached to an aromatic ring is 1. The van der Waals surface area contributed by atoms with E-state index in [4.69, 9.17) is 17.3 Å². The molecule has 0 saturated carbocycles. The molecular weight excluding hydrogens is 265 g/mol. The molecule has 0 fully saturated rings. The summed E-state index contributed by atoms with van der Waals surface area (Å²) in [7, 11) is 1.82. The predicted octanol–water partition coefficient (Wildman–Crippen LogP) is 3.62. The van der Waals surface area contributed by atoms with Crippen molar-refractivity contribution in [2.75, 3.05) is 5.73 Å². The van der Waals surface area contributed by atoms with Crippen molar-refractivity contribution in [1.29, 1.82) is 0 Å². The summed E-state index contributed by atoms with van der Waals surface area (Å²) in [4.78, 5) is 4.48. The number of halogens is 2. The zero-order chi connectivity index (χ0) is 13.6. The molecule has 0 radical (unpaired) electrons. The van der Waals surface area contributed by atoms with Gasteiger partial charge in [0.25, 0.3) is 0 Å². The third-order valence-electron chi connectivity index (χ3n) is 3.10. The quantitative estimate of drug-likeness (QED) is 0.690. The zero-order valence-corrected chi connectivity index (χ0v) is 10.9. The van der Waals surface area contributed by atoms with E-state index in [0.717, 1.165) is 16.6 Å². The Balaban J connectivity index is 2.31. The van der Waals surface area contributed by atoms with E-state index in [2.05, 4.69) is 4.98 Å².